The maximum absolute atomic E-state index is 12.9. The lowest BCUT2D eigenvalue weighted by Crippen LogP contribution is -2.44. The highest BCUT2D eigenvalue weighted by atomic mass is 32.2. The number of aromatic nitrogens is 1. The van der Waals surface area contributed by atoms with Gasteiger partial charge in [-0.2, -0.15) is 0 Å². The lowest BCUT2D eigenvalue weighted by atomic mass is 10.1. The number of hydrogen-bond donors (Lipinski definition) is 1. The van der Waals surface area contributed by atoms with Gasteiger partial charge in [-0.3, -0.25) is 14.6 Å². The molecular weight excluding hydrogens is 346 g/mol. The van der Waals surface area contributed by atoms with Crippen molar-refractivity contribution in [3.63, 3.8) is 0 Å². The number of para-hydroxylation sites is 1. The van der Waals surface area contributed by atoms with Crippen molar-refractivity contribution in [2.24, 2.45) is 0 Å². The smallest absolute Gasteiger partial charge is 0.255 e. The van der Waals surface area contributed by atoms with Gasteiger partial charge in [-0.1, -0.05) is 36.4 Å². The fourth-order valence-corrected chi connectivity index (χ4v) is 4.18. The molecule has 1 aliphatic heterocycles. The predicted molar refractivity (Wildman–Crippen MR) is 104 cm³/mol. The van der Waals surface area contributed by atoms with Crippen LogP contribution in [0.4, 0.5) is 5.69 Å². The molecule has 1 saturated heterocycles. The predicted octanol–water partition coefficient (Wildman–Crippen LogP) is 3.39. The molecule has 1 atom stereocenters. The number of carbonyl (C=O) groups is 2. The third-order valence-corrected chi connectivity index (χ3v) is 5.37. The summed E-state index contributed by atoms with van der Waals surface area (Å²) < 4.78 is 0. The third kappa shape index (κ3) is 3.15. The topological polar surface area (TPSA) is 62.3 Å². The lowest BCUT2D eigenvalue weighted by molar-refractivity contribution is -0.119. The van der Waals surface area contributed by atoms with Gasteiger partial charge >= 0.3 is 0 Å². The third-order valence-electron chi connectivity index (χ3n) is 4.36. The van der Waals surface area contributed by atoms with Gasteiger partial charge in [0.15, 0.2) is 0 Å². The number of benzene rings is 2. The summed E-state index contributed by atoms with van der Waals surface area (Å²) in [5, 5.41) is 3.92. The number of nitrogens with one attached hydrogen (secondary N) is 1. The number of hydrogen-bond acceptors (Lipinski definition) is 4. The molecule has 1 N–H and O–H groups in total. The first-order chi connectivity index (χ1) is 12.7. The van der Waals surface area contributed by atoms with Gasteiger partial charge in [-0.05, 0) is 24.3 Å². The fraction of sp³-hybridized carbons (Fsp3) is 0.150. The number of amides is 2. The Morgan fingerprint density at radius 3 is 2.69 bits per heavy atom. The van der Waals surface area contributed by atoms with Gasteiger partial charge in [0.25, 0.3) is 5.91 Å². The van der Waals surface area contributed by atoms with Crippen LogP contribution in [0, 0.1) is 0 Å². The molecule has 5 nitrogen and oxygen atoms in total. The largest absolute Gasteiger partial charge is 0.322 e. The van der Waals surface area contributed by atoms with Crippen LogP contribution in [0.1, 0.15) is 10.4 Å². The maximum atomic E-state index is 12.9. The van der Waals surface area contributed by atoms with Crippen LogP contribution in [0.3, 0.4) is 0 Å². The van der Waals surface area contributed by atoms with E-state index in [0.29, 0.717) is 22.9 Å². The van der Waals surface area contributed by atoms with Crippen LogP contribution in [0.2, 0.25) is 0 Å². The molecule has 1 fully saturated rings. The monoisotopic (exact) mass is 363 g/mol. The van der Waals surface area contributed by atoms with Crippen LogP contribution >= 0.6 is 11.8 Å². The molecule has 26 heavy (non-hydrogen) atoms. The minimum atomic E-state index is -0.494. The van der Waals surface area contributed by atoms with Crippen molar-refractivity contribution in [1.82, 2.24) is 9.88 Å². The Morgan fingerprint density at radius 1 is 1.04 bits per heavy atom. The number of nitrogens with zero attached hydrogens (tertiary/aromatic N) is 2. The Balaban J connectivity index is 1.56. The van der Waals surface area contributed by atoms with E-state index in [1.54, 1.807) is 35.0 Å². The highest BCUT2D eigenvalue weighted by Gasteiger charge is 2.35. The Bertz CT molecular complexity index is 956. The van der Waals surface area contributed by atoms with Crippen molar-refractivity contribution >= 4 is 40.2 Å². The number of thioether (sulfide) groups is 1. The average molecular weight is 363 g/mol. The van der Waals surface area contributed by atoms with Crippen molar-refractivity contribution in [1.29, 1.82) is 0 Å². The Labute approximate surface area is 155 Å². The van der Waals surface area contributed by atoms with Crippen LogP contribution < -0.4 is 5.32 Å². The van der Waals surface area contributed by atoms with Gasteiger partial charge in [-0.15, -0.1) is 11.8 Å². The molecular formula is C20H17N3O2S. The van der Waals surface area contributed by atoms with E-state index in [9.17, 15) is 9.59 Å². The van der Waals surface area contributed by atoms with Crippen LogP contribution in [0.25, 0.3) is 10.9 Å². The zero-order valence-electron chi connectivity index (χ0n) is 14.0. The number of pyridine rings is 1. The first-order valence-electron chi connectivity index (χ1n) is 8.32. The summed E-state index contributed by atoms with van der Waals surface area (Å²) >= 11 is 1.58. The van der Waals surface area contributed by atoms with Crippen molar-refractivity contribution in [3.8, 4) is 0 Å². The molecule has 0 saturated carbocycles. The average Bonchev–Trinajstić information content (AvgIpc) is 3.18. The molecule has 3 aromatic rings. The van der Waals surface area contributed by atoms with Gasteiger partial charge in [0, 0.05) is 22.9 Å². The van der Waals surface area contributed by atoms with E-state index in [1.807, 2.05) is 48.5 Å². The molecule has 4 rings (SSSR count). The molecule has 0 aliphatic carbocycles. The van der Waals surface area contributed by atoms with E-state index in [1.165, 1.54) is 0 Å². The molecule has 6 heteroatoms. The molecule has 2 heterocycles. The second-order valence-corrected chi connectivity index (χ2v) is 7.03. The first-order valence-corrected chi connectivity index (χ1v) is 9.48. The van der Waals surface area contributed by atoms with Crippen LogP contribution in [-0.2, 0) is 4.79 Å². The van der Waals surface area contributed by atoms with Crippen molar-refractivity contribution in [2.45, 2.75) is 6.04 Å². The Morgan fingerprint density at radius 2 is 1.85 bits per heavy atom. The van der Waals surface area contributed by atoms with Crippen LogP contribution in [-0.4, -0.2) is 39.4 Å². The minimum Gasteiger partial charge on any atom is -0.322 e. The Hall–Kier alpha value is -2.86. The molecule has 0 unspecified atom stereocenters. The van der Waals surface area contributed by atoms with Crippen LogP contribution in [0.15, 0.2) is 66.9 Å². The summed E-state index contributed by atoms with van der Waals surface area (Å²) in [6.07, 6.45) is 1.70. The second kappa shape index (κ2) is 7.17. The van der Waals surface area contributed by atoms with Gasteiger partial charge in [0.05, 0.1) is 17.1 Å². The van der Waals surface area contributed by atoms with Crippen molar-refractivity contribution in [2.75, 3.05) is 16.9 Å². The molecule has 130 valence electrons. The maximum Gasteiger partial charge on any atom is 0.255 e. The summed E-state index contributed by atoms with van der Waals surface area (Å²) in [6, 6.07) is 18.1. The molecule has 2 amide bonds. The SMILES string of the molecule is O=C(Nc1cccc2cccnc12)[C@@H]1CSCN1C(=O)c1ccccc1. The normalized spacial score (nSPS) is 16.6. The summed E-state index contributed by atoms with van der Waals surface area (Å²) in [7, 11) is 0. The van der Waals surface area contributed by atoms with Gasteiger partial charge in [0.1, 0.15) is 6.04 Å². The fourth-order valence-electron chi connectivity index (χ4n) is 3.03. The van der Waals surface area contributed by atoms with Crippen molar-refractivity contribution in [3.05, 3.63) is 72.4 Å². The second-order valence-electron chi connectivity index (χ2n) is 6.03. The zero-order valence-corrected chi connectivity index (χ0v) is 14.8. The number of fused-ring (bicyclic) bond motifs is 1. The Kier molecular flexibility index (Phi) is 4.58. The number of anilines is 1. The molecule has 2 aromatic carbocycles. The molecule has 1 aromatic heterocycles. The van der Waals surface area contributed by atoms with E-state index in [2.05, 4.69) is 10.3 Å². The van der Waals surface area contributed by atoms with Gasteiger partial charge < -0.3 is 10.2 Å². The molecule has 1 aliphatic rings. The lowest BCUT2D eigenvalue weighted by Gasteiger charge is -2.23. The number of rotatable bonds is 3. The van der Waals surface area contributed by atoms with Gasteiger partial charge in [0.2, 0.25) is 5.91 Å². The summed E-state index contributed by atoms with van der Waals surface area (Å²) in [6.45, 7) is 0. The zero-order chi connectivity index (χ0) is 17.9. The first kappa shape index (κ1) is 16.6. The minimum absolute atomic E-state index is 0.119. The molecule has 0 spiro atoms. The number of carbonyl (C=O) groups excluding carboxylic acids is 2. The quantitative estimate of drug-likeness (QED) is 0.775. The van der Waals surface area contributed by atoms with Gasteiger partial charge in [-0.25, -0.2) is 0 Å². The van der Waals surface area contributed by atoms with E-state index in [0.717, 1.165) is 10.9 Å². The standard InChI is InChI=1S/C20H17N3O2S/c24-19(22-16-10-4-8-14-9-5-11-21-18(14)16)17-12-26-13-23(17)20(25)15-6-2-1-3-7-15/h1-11,17H,12-13H2,(H,22,24)/t17-/m0/s1. The molecule has 0 bridgehead atoms. The van der Waals surface area contributed by atoms with Crippen LogP contribution in [0.5, 0.6) is 0 Å². The summed E-state index contributed by atoms with van der Waals surface area (Å²) in [4.78, 5) is 31.6. The summed E-state index contributed by atoms with van der Waals surface area (Å²) in [5.74, 6) is 0.798. The van der Waals surface area contributed by atoms with E-state index >= 15 is 0 Å². The highest BCUT2D eigenvalue weighted by Crippen LogP contribution is 2.26. The van der Waals surface area contributed by atoms with E-state index in [-0.39, 0.29) is 11.8 Å². The highest BCUT2D eigenvalue weighted by molar-refractivity contribution is 7.99. The summed E-state index contributed by atoms with van der Waals surface area (Å²) in [5.41, 5.74) is 2.01. The van der Waals surface area contributed by atoms with E-state index < -0.39 is 6.04 Å². The van der Waals surface area contributed by atoms with E-state index in [4.69, 9.17) is 0 Å². The van der Waals surface area contributed by atoms with Crippen molar-refractivity contribution < 1.29 is 9.59 Å². The molecule has 0 radical (unpaired) electrons.